The molecule has 6 nitrogen and oxygen atoms in total. The van der Waals surface area contributed by atoms with Gasteiger partial charge in [0.15, 0.2) is 0 Å². The first-order chi connectivity index (χ1) is 31.2. The number of carboxylic acids is 1. The number of benzene rings is 6. The molecule has 338 valence electrons. The number of thiophene rings is 2. The summed E-state index contributed by atoms with van der Waals surface area (Å²) in [5.74, 6) is -3.85. The second-order valence-electron chi connectivity index (χ2n) is 15.3. The Bertz CT molecular complexity index is 3170. The highest BCUT2D eigenvalue weighted by Gasteiger charge is 2.31. The number of carbonyl (C=O) groups is 3. The van der Waals surface area contributed by atoms with Crippen molar-refractivity contribution in [2.24, 2.45) is 5.73 Å². The Morgan fingerprint density at radius 2 is 1.02 bits per heavy atom. The van der Waals surface area contributed by atoms with Crippen LogP contribution in [-0.2, 0) is 30.0 Å². The minimum atomic E-state index is -4.42. The van der Waals surface area contributed by atoms with Crippen LogP contribution >= 0.6 is 22.7 Å². The topological polar surface area (TPSA) is 109 Å². The van der Waals surface area contributed by atoms with Gasteiger partial charge in [0.1, 0.15) is 11.6 Å². The fraction of sp³-hybridized carbons (Fsp3) is 0.140. The summed E-state index contributed by atoms with van der Waals surface area (Å²) in [5.41, 5.74) is 8.78. The van der Waals surface area contributed by atoms with E-state index in [1.807, 2.05) is 32.0 Å². The number of carbonyl (C=O) groups excluding carboxylic acids is 2. The third-order valence-electron chi connectivity index (χ3n) is 10.7. The monoisotopic (exact) mass is 944 g/mol. The number of hydrogen-bond donors (Lipinski definition) is 3. The molecule has 66 heavy (non-hydrogen) atoms. The summed E-state index contributed by atoms with van der Waals surface area (Å²) in [4.78, 5) is 36.4. The molecule has 0 bridgehead atoms. The van der Waals surface area contributed by atoms with E-state index in [0.717, 1.165) is 77.5 Å². The van der Waals surface area contributed by atoms with E-state index in [4.69, 9.17) is 5.73 Å². The largest absolute Gasteiger partial charge is 0.478 e. The lowest BCUT2D eigenvalue weighted by atomic mass is 9.99. The van der Waals surface area contributed by atoms with Crippen molar-refractivity contribution in [2.45, 2.75) is 39.0 Å². The smallest absolute Gasteiger partial charge is 0.416 e. The number of fused-ring (bicyclic) bond motifs is 2. The molecule has 0 aliphatic rings. The van der Waals surface area contributed by atoms with E-state index in [2.05, 4.69) is 5.32 Å². The van der Waals surface area contributed by atoms with Crippen molar-refractivity contribution < 1.29 is 54.6 Å². The third kappa shape index (κ3) is 10.6. The normalized spacial score (nSPS) is 11.7. The van der Waals surface area contributed by atoms with E-state index in [0.29, 0.717) is 46.2 Å². The first-order valence-corrected chi connectivity index (χ1v) is 21.6. The fourth-order valence-corrected chi connectivity index (χ4v) is 10.2. The highest BCUT2D eigenvalue weighted by atomic mass is 32.1. The molecule has 0 aliphatic heterocycles. The summed E-state index contributed by atoms with van der Waals surface area (Å²) in [6, 6.07) is 29.0. The number of alkyl halides is 6. The Morgan fingerprint density at radius 3 is 1.44 bits per heavy atom. The molecule has 0 aliphatic carbocycles. The zero-order chi connectivity index (χ0) is 47.7. The van der Waals surface area contributed by atoms with Gasteiger partial charge in [-0.25, -0.2) is 13.6 Å². The molecule has 0 unspecified atom stereocenters. The average molecular weight is 945 g/mol. The van der Waals surface area contributed by atoms with Gasteiger partial charge >= 0.3 is 18.3 Å². The molecule has 8 rings (SSSR count). The number of aryl methyl sites for hydroxylation is 2. The van der Waals surface area contributed by atoms with Crippen LogP contribution in [0.2, 0.25) is 0 Å². The number of amides is 2. The van der Waals surface area contributed by atoms with Gasteiger partial charge in [0, 0.05) is 37.6 Å². The van der Waals surface area contributed by atoms with Crippen LogP contribution in [0.5, 0.6) is 0 Å². The van der Waals surface area contributed by atoms with Gasteiger partial charge in [-0.2, -0.15) is 26.3 Å². The molecule has 6 aromatic carbocycles. The zero-order valence-corrected chi connectivity index (χ0v) is 36.4. The predicted molar refractivity (Wildman–Crippen MR) is 241 cm³/mol. The Labute approximate surface area is 380 Å². The molecular weight excluding hydrogens is 909 g/mol. The lowest BCUT2D eigenvalue weighted by Gasteiger charge is -2.08. The minimum Gasteiger partial charge on any atom is -0.478 e. The van der Waals surface area contributed by atoms with Gasteiger partial charge in [0.2, 0.25) is 5.91 Å². The molecule has 0 fully saturated rings. The molecule has 8 aromatic rings. The number of rotatable bonds is 10. The van der Waals surface area contributed by atoms with Crippen LogP contribution in [0.4, 0.5) is 35.1 Å². The van der Waals surface area contributed by atoms with Gasteiger partial charge in [-0.15, -0.1) is 22.7 Å². The molecular formula is C50H36F8N2O4S2. The van der Waals surface area contributed by atoms with E-state index >= 15 is 0 Å². The predicted octanol–water partition coefficient (Wildman–Crippen LogP) is 13.2. The van der Waals surface area contributed by atoms with Crippen molar-refractivity contribution in [3.05, 3.63) is 187 Å². The van der Waals surface area contributed by atoms with E-state index in [1.165, 1.54) is 59.1 Å². The molecule has 2 amide bonds. The Balaban J connectivity index is 0.000000198. The molecule has 0 atom stereocenters. The van der Waals surface area contributed by atoms with Crippen LogP contribution in [0.1, 0.15) is 63.9 Å². The molecule has 0 spiro atoms. The Morgan fingerprint density at radius 1 is 0.591 bits per heavy atom. The van der Waals surface area contributed by atoms with Gasteiger partial charge in [-0.05, 0) is 118 Å². The summed E-state index contributed by atoms with van der Waals surface area (Å²) >= 11 is 2.84. The van der Waals surface area contributed by atoms with Crippen molar-refractivity contribution >= 4 is 60.6 Å². The SMILES string of the molecule is Cc1c(Cc2cccc(C(F)(F)F)c2)sc2c(-c3cc(F)cc(C(=O)NCC(N)=O)c3)cccc12.Cc1c(Cc2cccc(C(F)(F)F)c2)sc2c(-c3cc(F)cc(C(=O)O)c3)cccc12. The number of primary amides is 1. The van der Waals surface area contributed by atoms with Gasteiger partial charge in [0.05, 0.1) is 23.2 Å². The first-order valence-electron chi connectivity index (χ1n) is 19.9. The first kappa shape index (κ1) is 47.1. The van der Waals surface area contributed by atoms with Gasteiger partial charge in [-0.3, -0.25) is 9.59 Å². The number of nitrogens with two attached hydrogens (primary N) is 1. The number of halogens is 8. The lowest BCUT2D eigenvalue weighted by Crippen LogP contribution is -2.33. The summed E-state index contributed by atoms with van der Waals surface area (Å²) in [5, 5.41) is 13.4. The molecule has 16 heteroatoms. The summed E-state index contributed by atoms with van der Waals surface area (Å²) in [6.45, 7) is 3.43. The van der Waals surface area contributed by atoms with Crippen molar-refractivity contribution in [3.8, 4) is 22.3 Å². The van der Waals surface area contributed by atoms with Crippen molar-refractivity contribution in [1.29, 1.82) is 0 Å². The average Bonchev–Trinajstić information content (AvgIpc) is 3.76. The second-order valence-corrected chi connectivity index (χ2v) is 17.5. The minimum absolute atomic E-state index is 0.0377. The fourth-order valence-electron chi connectivity index (χ4n) is 7.48. The van der Waals surface area contributed by atoms with Crippen molar-refractivity contribution in [1.82, 2.24) is 5.32 Å². The maximum atomic E-state index is 14.4. The number of hydrogen-bond acceptors (Lipinski definition) is 5. The quantitative estimate of drug-likeness (QED) is 0.119. The maximum absolute atomic E-state index is 14.4. The van der Waals surface area contributed by atoms with Crippen LogP contribution in [0.25, 0.3) is 42.4 Å². The van der Waals surface area contributed by atoms with Crippen LogP contribution in [-0.4, -0.2) is 29.4 Å². The molecule has 2 aromatic heterocycles. The molecule has 2 heterocycles. The van der Waals surface area contributed by atoms with E-state index < -0.39 is 52.9 Å². The van der Waals surface area contributed by atoms with Crippen molar-refractivity contribution in [2.75, 3.05) is 6.54 Å². The second kappa shape index (κ2) is 18.9. The molecule has 0 saturated heterocycles. The molecule has 4 N–H and O–H groups in total. The van der Waals surface area contributed by atoms with E-state index in [1.54, 1.807) is 30.3 Å². The lowest BCUT2D eigenvalue weighted by molar-refractivity contribution is -0.138. The van der Waals surface area contributed by atoms with Crippen LogP contribution in [0.3, 0.4) is 0 Å². The highest BCUT2D eigenvalue weighted by molar-refractivity contribution is 7.20. The highest BCUT2D eigenvalue weighted by Crippen LogP contribution is 2.42. The summed E-state index contributed by atoms with van der Waals surface area (Å²) < 4.78 is 109. The summed E-state index contributed by atoms with van der Waals surface area (Å²) in [7, 11) is 0. The molecule has 0 radical (unpaired) electrons. The Hall–Kier alpha value is -6.91. The van der Waals surface area contributed by atoms with E-state index in [9.17, 15) is 54.6 Å². The zero-order valence-electron chi connectivity index (χ0n) is 34.8. The number of nitrogens with one attached hydrogen (secondary N) is 1. The number of aromatic carboxylic acids is 1. The van der Waals surface area contributed by atoms with Crippen LogP contribution in [0, 0.1) is 25.5 Å². The van der Waals surface area contributed by atoms with Gasteiger partial charge < -0.3 is 16.2 Å². The van der Waals surface area contributed by atoms with Crippen molar-refractivity contribution in [3.63, 3.8) is 0 Å². The van der Waals surface area contributed by atoms with Gasteiger partial charge in [0.25, 0.3) is 5.91 Å². The maximum Gasteiger partial charge on any atom is 0.416 e. The molecule has 0 saturated carbocycles. The standard InChI is InChI=1S/C26H20F4N2O2S.C24H16F4O2S/c1-14-20-6-3-7-21(16-10-17(12-19(27)11-16)25(34)32-13-23(31)33)24(20)35-22(14)9-15-4-2-5-18(8-15)26(28,29)30;1-13-19-6-3-7-20(15-10-16(23(29)30)12-18(25)11-15)22(19)31-21(13)9-14-4-2-5-17(8-14)24(26,27)28/h2-8,10-12H,9,13H2,1H3,(H2,31,33)(H,32,34);2-8,10-12H,9H2,1H3,(H,29,30). The van der Waals surface area contributed by atoms with Crippen LogP contribution in [0.15, 0.2) is 121 Å². The summed E-state index contributed by atoms with van der Waals surface area (Å²) in [6.07, 6.45) is -8.18. The van der Waals surface area contributed by atoms with Gasteiger partial charge in [-0.1, -0.05) is 72.8 Å². The van der Waals surface area contributed by atoms with E-state index in [-0.39, 0.29) is 17.7 Å². The van der Waals surface area contributed by atoms with Crippen LogP contribution < -0.4 is 11.1 Å². The number of carboxylic acid groups (broad SMARTS) is 1. The third-order valence-corrected chi connectivity index (χ3v) is 13.4. The Kier molecular flexibility index (Phi) is 13.5.